The number of benzene rings is 1. The molecule has 5 nitrogen and oxygen atoms in total. The van der Waals surface area contributed by atoms with E-state index in [-0.39, 0.29) is 36.4 Å². The molecular weight excluding hydrogens is 391 g/mol. The average Bonchev–Trinajstić information content (AvgIpc) is 3.19. The summed E-state index contributed by atoms with van der Waals surface area (Å²) in [6, 6.07) is 10.4. The van der Waals surface area contributed by atoms with Gasteiger partial charge < -0.3 is 16.0 Å². The van der Waals surface area contributed by atoms with E-state index >= 15 is 0 Å². The Balaban J connectivity index is 0.00000242. The van der Waals surface area contributed by atoms with Crippen LogP contribution in [0.3, 0.4) is 0 Å². The van der Waals surface area contributed by atoms with Crippen molar-refractivity contribution in [2.45, 2.75) is 32.9 Å². The highest BCUT2D eigenvalue weighted by Crippen LogP contribution is 2.28. The summed E-state index contributed by atoms with van der Waals surface area (Å²) in [6.07, 6.45) is 1.17. The molecule has 1 fully saturated rings. The van der Waals surface area contributed by atoms with E-state index in [1.165, 1.54) is 6.42 Å². The van der Waals surface area contributed by atoms with E-state index in [0.717, 1.165) is 18.1 Å². The van der Waals surface area contributed by atoms with Gasteiger partial charge in [0.05, 0.1) is 0 Å². The molecular formula is C16H25IN4O. The second kappa shape index (κ2) is 9.66. The summed E-state index contributed by atoms with van der Waals surface area (Å²) in [4.78, 5) is 16.1. The first-order chi connectivity index (χ1) is 10.2. The lowest BCUT2D eigenvalue weighted by atomic mass is 10.2. The monoisotopic (exact) mass is 416 g/mol. The first kappa shape index (κ1) is 18.7. The van der Waals surface area contributed by atoms with Gasteiger partial charge >= 0.3 is 0 Å². The van der Waals surface area contributed by atoms with Crippen LogP contribution >= 0.6 is 24.0 Å². The molecule has 1 aliphatic carbocycles. The number of hydrogen-bond acceptors (Lipinski definition) is 2. The number of halogens is 1. The Hall–Kier alpha value is -1.31. The largest absolute Gasteiger partial charge is 0.357 e. The lowest BCUT2D eigenvalue weighted by molar-refractivity contribution is -0.119. The fourth-order valence-electron chi connectivity index (χ4n) is 2.02. The van der Waals surface area contributed by atoms with Crippen molar-refractivity contribution in [3.05, 3.63) is 35.9 Å². The third-order valence-electron chi connectivity index (χ3n) is 3.49. The standard InChI is InChI=1S/C16H24N4O.HI/c1-3-17-16(20-14-9-12(14)2)19-11-15(21)18-10-13-7-5-4-6-8-13;/h4-8,12,14H,3,9-11H2,1-2H3,(H,18,21)(H2,17,19,20);1H. The Kier molecular flexibility index (Phi) is 8.22. The van der Waals surface area contributed by atoms with Gasteiger partial charge in [-0.25, -0.2) is 4.99 Å². The maximum absolute atomic E-state index is 11.8. The Bertz CT molecular complexity index is 492. The molecule has 0 bridgehead atoms. The smallest absolute Gasteiger partial charge is 0.242 e. The molecule has 0 aliphatic heterocycles. The minimum atomic E-state index is -0.0695. The molecule has 22 heavy (non-hydrogen) atoms. The number of nitrogens with zero attached hydrogens (tertiary/aromatic N) is 1. The molecule has 2 unspecified atom stereocenters. The van der Waals surface area contributed by atoms with Gasteiger partial charge in [-0.2, -0.15) is 0 Å². The van der Waals surface area contributed by atoms with Crippen LogP contribution in [-0.4, -0.2) is 31.0 Å². The zero-order valence-corrected chi connectivity index (χ0v) is 15.5. The van der Waals surface area contributed by atoms with Gasteiger partial charge in [-0.15, -0.1) is 24.0 Å². The molecule has 1 aliphatic rings. The zero-order valence-electron chi connectivity index (χ0n) is 13.1. The van der Waals surface area contributed by atoms with Gasteiger partial charge in [-0.05, 0) is 24.8 Å². The molecule has 1 amide bonds. The molecule has 6 heteroatoms. The summed E-state index contributed by atoms with van der Waals surface area (Å²) in [7, 11) is 0. The summed E-state index contributed by atoms with van der Waals surface area (Å²) >= 11 is 0. The number of guanidine groups is 1. The number of carbonyl (C=O) groups is 1. The first-order valence-corrected chi connectivity index (χ1v) is 7.54. The predicted octanol–water partition coefficient (Wildman–Crippen LogP) is 1.88. The van der Waals surface area contributed by atoms with Crippen LogP contribution < -0.4 is 16.0 Å². The number of amides is 1. The second-order valence-electron chi connectivity index (χ2n) is 5.42. The minimum absolute atomic E-state index is 0. The fourth-order valence-corrected chi connectivity index (χ4v) is 2.02. The van der Waals surface area contributed by atoms with Gasteiger partial charge in [0.2, 0.25) is 5.91 Å². The summed E-state index contributed by atoms with van der Waals surface area (Å²) < 4.78 is 0. The highest BCUT2D eigenvalue weighted by Gasteiger charge is 2.33. The normalized spacial score (nSPS) is 19.8. The van der Waals surface area contributed by atoms with Crippen LogP contribution in [0, 0.1) is 5.92 Å². The number of carbonyl (C=O) groups excluding carboxylic acids is 1. The van der Waals surface area contributed by atoms with Crippen LogP contribution in [0.1, 0.15) is 25.8 Å². The van der Waals surface area contributed by atoms with Crippen molar-refractivity contribution in [3.63, 3.8) is 0 Å². The summed E-state index contributed by atoms with van der Waals surface area (Å²) in [5.41, 5.74) is 1.09. The maximum Gasteiger partial charge on any atom is 0.242 e. The van der Waals surface area contributed by atoms with E-state index in [9.17, 15) is 4.79 Å². The van der Waals surface area contributed by atoms with E-state index < -0.39 is 0 Å². The van der Waals surface area contributed by atoms with Gasteiger partial charge in [0.1, 0.15) is 6.54 Å². The van der Waals surface area contributed by atoms with Crippen LogP contribution in [0.2, 0.25) is 0 Å². The van der Waals surface area contributed by atoms with Crippen molar-refractivity contribution in [1.82, 2.24) is 16.0 Å². The molecule has 122 valence electrons. The number of nitrogens with one attached hydrogen (secondary N) is 3. The van der Waals surface area contributed by atoms with Crippen molar-refractivity contribution in [2.75, 3.05) is 13.1 Å². The molecule has 0 spiro atoms. The van der Waals surface area contributed by atoms with Gasteiger partial charge in [-0.1, -0.05) is 37.3 Å². The topological polar surface area (TPSA) is 65.5 Å². The van der Waals surface area contributed by atoms with Crippen molar-refractivity contribution in [1.29, 1.82) is 0 Å². The Labute approximate surface area is 149 Å². The number of hydrogen-bond donors (Lipinski definition) is 3. The summed E-state index contributed by atoms with van der Waals surface area (Å²) in [6.45, 7) is 5.69. The zero-order chi connectivity index (χ0) is 15.1. The van der Waals surface area contributed by atoms with Crippen LogP contribution in [-0.2, 0) is 11.3 Å². The van der Waals surface area contributed by atoms with Crippen molar-refractivity contribution in [2.24, 2.45) is 10.9 Å². The third-order valence-corrected chi connectivity index (χ3v) is 3.49. The molecule has 1 aromatic rings. The molecule has 3 N–H and O–H groups in total. The van der Waals surface area contributed by atoms with Crippen molar-refractivity contribution in [3.8, 4) is 0 Å². The Morgan fingerprint density at radius 3 is 2.55 bits per heavy atom. The lowest BCUT2D eigenvalue weighted by Gasteiger charge is -2.10. The molecule has 0 radical (unpaired) electrons. The van der Waals surface area contributed by atoms with Crippen molar-refractivity contribution >= 4 is 35.8 Å². The van der Waals surface area contributed by atoms with E-state index in [2.05, 4.69) is 27.9 Å². The molecule has 0 saturated heterocycles. The Morgan fingerprint density at radius 1 is 1.27 bits per heavy atom. The molecule has 0 aromatic heterocycles. The van der Waals surface area contributed by atoms with Gasteiger partial charge in [0, 0.05) is 19.1 Å². The van der Waals surface area contributed by atoms with E-state index in [1.54, 1.807) is 0 Å². The van der Waals surface area contributed by atoms with E-state index in [0.29, 0.717) is 18.5 Å². The average molecular weight is 416 g/mol. The molecule has 2 atom stereocenters. The lowest BCUT2D eigenvalue weighted by Crippen LogP contribution is -2.40. The maximum atomic E-state index is 11.8. The molecule has 1 aromatic carbocycles. The van der Waals surface area contributed by atoms with Crippen molar-refractivity contribution < 1.29 is 4.79 Å². The second-order valence-corrected chi connectivity index (χ2v) is 5.42. The highest BCUT2D eigenvalue weighted by atomic mass is 127. The fraction of sp³-hybridized carbons (Fsp3) is 0.500. The highest BCUT2D eigenvalue weighted by molar-refractivity contribution is 14.0. The summed E-state index contributed by atoms with van der Waals surface area (Å²) in [5, 5.41) is 9.36. The molecule has 1 saturated carbocycles. The first-order valence-electron chi connectivity index (χ1n) is 7.54. The van der Waals surface area contributed by atoms with Gasteiger partial charge in [-0.3, -0.25) is 4.79 Å². The van der Waals surface area contributed by atoms with E-state index in [4.69, 9.17) is 0 Å². The Morgan fingerprint density at radius 2 is 1.95 bits per heavy atom. The van der Waals surface area contributed by atoms with E-state index in [1.807, 2.05) is 37.3 Å². The molecule has 2 rings (SSSR count). The van der Waals surface area contributed by atoms with Crippen LogP contribution in [0.4, 0.5) is 0 Å². The van der Waals surface area contributed by atoms with Crippen LogP contribution in [0.15, 0.2) is 35.3 Å². The van der Waals surface area contributed by atoms with Crippen LogP contribution in [0.5, 0.6) is 0 Å². The third kappa shape index (κ3) is 6.64. The quantitative estimate of drug-likeness (QED) is 0.377. The minimum Gasteiger partial charge on any atom is -0.357 e. The van der Waals surface area contributed by atoms with Crippen LogP contribution in [0.25, 0.3) is 0 Å². The number of aliphatic imine (C=N–C) groups is 1. The number of rotatable bonds is 6. The van der Waals surface area contributed by atoms with Gasteiger partial charge in [0.15, 0.2) is 5.96 Å². The van der Waals surface area contributed by atoms with Gasteiger partial charge in [0.25, 0.3) is 0 Å². The summed E-state index contributed by atoms with van der Waals surface area (Å²) in [5.74, 6) is 1.35. The SMILES string of the molecule is CCNC(=NCC(=O)NCc1ccccc1)NC1CC1C.I. The molecule has 0 heterocycles. The predicted molar refractivity (Wildman–Crippen MR) is 100 cm³/mol.